The first-order valence-electron chi connectivity index (χ1n) is 9.46. The summed E-state index contributed by atoms with van der Waals surface area (Å²) in [5.41, 5.74) is 3.25. The summed E-state index contributed by atoms with van der Waals surface area (Å²) in [6.07, 6.45) is 2.36. The predicted octanol–water partition coefficient (Wildman–Crippen LogP) is 4.22. The summed E-state index contributed by atoms with van der Waals surface area (Å²) in [6, 6.07) is 15.9. The van der Waals surface area contributed by atoms with Crippen molar-refractivity contribution in [1.29, 1.82) is 0 Å². The third-order valence-corrected chi connectivity index (χ3v) is 5.53. The molecule has 0 aromatic heterocycles. The summed E-state index contributed by atoms with van der Waals surface area (Å²) >= 11 is 1.82. The van der Waals surface area contributed by atoms with Gasteiger partial charge in [0.25, 0.3) is 5.91 Å². The second kappa shape index (κ2) is 10.4. The Labute approximate surface area is 165 Å². The third-order valence-electron chi connectivity index (χ3n) is 4.50. The van der Waals surface area contributed by atoms with E-state index in [0.29, 0.717) is 18.7 Å². The van der Waals surface area contributed by atoms with Crippen LogP contribution in [0.25, 0.3) is 0 Å². The second-order valence-corrected chi connectivity index (χ2v) is 7.87. The zero-order valence-electron chi connectivity index (χ0n) is 15.8. The lowest BCUT2D eigenvalue weighted by Crippen LogP contribution is -2.25. The molecule has 27 heavy (non-hydrogen) atoms. The van der Waals surface area contributed by atoms with E-state index in [1.807, 2.05) is 23.9 Å². The molecule has 1 atom stereocenters. The number of rotatable bonds is 9. The molecule has 0 radical (unpaired) electrons. The summed E-state index contributed by atoms with van der Waals surface area (Å²) in [7, 11) is 0. The number of thioether (sulfide) groups is 1. The lowest BCUT2D eigenvalue weighted by molar-refractivity contribution is 0.0679. The Hall–Kier alpha value is -1.98. The first-order chi connectivity index (χ1) is 13.2. The van der Waals surface area contributed by atoms with Gasteiger partial charge in [0.15, 0.2) is 0 Å². The van der Waals surface area contributed by atoms with Gasteiger partial charge in [0.2, 0.25) is 0 Å². The SMILES string of the molecule is Cc1ccc(CSCCNC(=O)c2ccc(OCC3CCCO3)cc2)cc1. The van der Waals surface area contributed by atoms with E-state index in [0.717, 1.165) is 36.7 Å². The molecule has 0 spiro atoms. The van der Waals surface area contributed by atoms with Gasteiger partial charge in [-0.3, -0.25) is 4.79 Å². The highest BCUT2D eigenvalue weighted by Gasteiger charge is 2.16. The van der Waals surface area contributed by atoms with Crippen molar-refractivity contribution >= 4 is 17.7 Å². The van der Waals surface area contributed by atoms with Crippen LogP contribution in [0.2, 0.25) is 0 Å². The fourth-order valence-electron chi connectivity index (χ4n) is 2.88. The van der Waals surface area contributed by atoms with Gasteiger partial charge in [-0.15, -0.1) is 0 Å². The topological polar surface area (TPSA) is 47.6 Å². The van der Waals surface area contributed by atoms with E-state index >= 15 is 0 Å². The number of ether oxygens (including phenoxy) is 2. The van der Waals surface area contributed by atoms with Crippen LogP contribution in [0.15, 0.2) is 48.5 Å². The van der Waals surface area contributed by atoms with Crippen LogP contribution in [0.1, 0.15) is 34.3 Å². The van der Waals surface area contributed by atoms with Crippen LogP contribution in [0, 0.1) is 6.92 Å². The maximum absolute atomic E-state index is 12.2. The van der Waals surface area contributed by atoms with Crippen LogP contribution >= 0.6 is 11.8 Å². The molecule has 0 bridgehead atoms. The largest absolute Gasteiger partial charge is 0.491 e. The number of hydrogen-bond acceptors (Lipinski definition) is 4. The van der Waals surface area contributed by atoms with Gasteiger partial charge < -0.3 is 14.8 Å². The molecule has 1 heterocycles. The van der Waals surface area contributed by atoms with Crippen LogP contribution in [0.3, 0.4) is 0 Å². The second-order valence-electron chi connectivity index (χ2n) is 6.76. The molecule has 2 aromatic carbocycles. The lowest BCUT2D eigenvalue weighted by atomic mass is 10.2. The molecule has 1 saturated heterocycles. The first-order valence-corrected chi connectivity index (χ1v) is 10.6. The van der Waals surface area contributed by atoms with Crippen molar-refractivity contribution in [2.45, 2.75) is 31.6 Å². The number of benzene rings is 2. The van der Waals surface area contributed by atoms with Crippen molar-refractivity contribution in [3.05, 3.63) is 65.2 Å². The number of aryl methyl sites for hydroxylation is 1. The zero-order valence-corrected chi connectivity index (χ0v) is 16.6. The van der Waals surface area contributed by atoms with E-state index in [1.54, 1.807) is 12.1 Å². The minimum absolute atomic E-state index is 0.0448. The lowest BCUT2D eigenvalue weighted by Gasteiger charge is -2.11. The maximum atomic E-state index is 12.2. The average molecular weight is 386 g/mol. The van der Waals surface area contributed by atoms with Gasteiger partial charge >= 0.3 is 0 Å². The van der Waals surface area contributed by atoms with Crippen LogP contribution in [0.4, 0.5) is 0 Å². The molecule has 1 aliphatic heterocycles. The fourth-order valence-corrected chi connectivity index (χ4v) is 3.70. The maximum Gasteiger partial charge on any atom is 0.251 e. The Bertz CT molecular complexity index is 709. The van der Waals surface area contributed by atoms with Gasteiger partial charge in [-0.1, -0.05) is 29.8 Å². The van der Waals surface area contributed by atoms with Gasteiger partial charge in [-0.05, 0) is 49.6 Å². The number of amides is 1. The molecule has 144 valence electrons. The average Bonchev–Trinajstić information content (AvgIpc) is 3.21. The standard InChI is InChI=1S/C22H27NO3S/c1-17-4-6-18(7-5-17)16-27-14-12-23-22(24)19-8-10-20(11-9-19)26-15-21-3-2-13-25-21/h4-11,21H,2-3,12-16H2,1H3,(H,23,24). The summed E-state index contributed by atoms with van der Waals surface area (Å²) in [5.74, 6) is 2.59. The molecular weight excluding hydrogens is 358 g/mol. The van der Waals surface area contributed by atoms with Crippen molar-refractivity contribution in [2.24, 2.45) is 0 Å². The number of carbonyl (C=O) groups excluding carboxylic acids is 1. The highest BCUT2D eigenvalue weighted by Crippen LogP contribution is 2.17. The van der Waals surface area contributed by atoms with Crippen molar-refractivity contribution in [2.75, 3.05) is 25.5 Å². The van der Waals surface area contributed by atoms with Gasteiger partial charge in [0.1, 0.15) is 12.4 Å². The molecule has 4 nitrogen and oxygen atoms in total. The van der Waals surface area contributed by atoms with Gasteiger partial charge in [-0.25, -0.2) is 0 Å². The Kier molecular flexibility index (Phi) is 7.60. The zero-order chi connectivity index (χ0) is 18.9. The Morgan fingerprint density at radius 2 is 1.96 bits per heavy atom. The number of carbonyl (C=O) groups is 1. The normalized spacial score (nSPS) is 16.3. The highest BCUT2D eigenvalue weighted by atomic mass is 32.2. The summed E-state index contributed by atoms with van der Waals surface area (Å²) in [4.78, 5) is 12.2. The van der Waals surface area contributed by atoms with E-state index in [1.165, 1.54) is 11.1 Å². The van der Waals surface area contributed by atoms with Crippen LogP contribution in [-0.2, 0) is 10.5 Å². The van der Waals surface area contributed by atoms with E-state index < -0.39 is 0 Å². The van der Waals surface area contributed by atoms with Crippen LogP contribution < -0.4 is 10.1 Å². The predicted molar refractivity (Wildman–Crippen MR) is 111 cm³/mol. The summed E-state index contributed by atoms with van der Waals surface area (Å²) in [6.45, 7) is 4.15. The fraction of sp³-hybridized carbons (Fsp3) is 0.409. The molecule has 3 rings (SSSR count). The minimum atomic E-state index is -0.0448. The Morgan fingerprint density at radius 1 is 1.19 bits per heavy atom. The van der Waals surface area contributed by atoms with Gasteiger partial charge in [0, 0.05) is 30.2 Å². The van der Waals surface area contributed by atoms with Crippen LogP contribution in [0.5, 0.6) is 5.75 Å². The molecular formula is C22H27NO3S. The number of hydrogen-bond donors (Lipinski definition) is 1. The summed E-state index contributed by atoms with van der Waals surface area (Å²) < 4.78 is 11.3. The quantitative estimate of drug-likeness (QED) is 0.657. The monoisotopic (exact) mass is 385 g/mol. The van der Waals surface area contributed by atoms with Gasteiger partial charge in [0.05, 0.1) is 6.10 Å². The molecule has 0 aliphatic carbocycles. The highest BCUT2D eigenvalue weighted by molar-refractivity contribution is 7.98. The molecule has 1 aliphatic rings. The third kappa shape index (κ3) is 6.60. The smallest absolute Gasteiger partial charge is 0.251 e. The summed E-state index contributed by atoms with van der Waals surface area (Å²) in [5, 5.41) is 2.97. The van der Waals surface area contributed by atoms with E-state index in [4.69, 9.17) is 9.47 Å². The Balaban J connectivity index is 1.33. The van der Waals surface area contributed by atoms with Gasteiger partial charge in [-0.2, -0.15) is 11.8 Å². The van der Waals surface area contributed by atoms with E-state index in [-0.39, 0.29) is 12.0 Å². The molecule has 1 amide bonds. The molecule has 1 fully saturated rings. The molecule has 1 N–H and O–H groups in total. The van der Waals surface area contributed by atoms with Crippen LogP contribution in [-0.4, -0.2) is 37.5 Å². The van der Waals surface area contributed by atoms with Crippen molar-refractivity contribution in [3.8, 4) is 5.75 Å². The van der Waals surface area contributed by atoms with Crippen molar-refractivity contribution in [1.82, 2.24) is 5.32 Å². The molecule has 0 saturated carbocycles. The molecule has 2 aromatic rings. The van der Waals surface area contributed by atoms with Crippen molar-refractivity contribution in [3.63, 3.8) is 0 Å². The minimum Gasteiger partial charge on any atom is -0.491 e. The van der Waals surface area contributed by atoms with Crippen molar-refractivity contribution < 1.29 is 14.3 Å². The Morgan fingerprint density at radius 3 is 2.67 bits per heavy atom. The van der Waals surface area contributed by atoms with E-state index in [9.17, 15) is 4.79 Å². The molecule has 5 heteroatoms. The first kappa shape index (κ1) is 19.8. The molecule has 1 unspecified atom stereocenters. The number of nitrogens with one attached hydrogen (secondary N) is 1. The van der Waals surface area contributed by atoms with E-state index in [2.05, 4.69) is 36.5 Å².